The number of hydrogen-bond donors (Lipinski definition) is 1. The number of amides is 1. The molecule has 36 heavy (non-hydrogen) atoms. The van der Waals surface area contributed by atoms with Crippen molar-refractivity contribution < 1.29 is 13.2 Å². The van der Waals surface area contributed by atoms with Crippen LogP contribution in [0.2, 0.25) is 0 Å². The molecule has 0 spiro atoms. The van der Waals surface area contributed by atoms with E-state index in [0.29, 0.717) is 17.7 Å². The van der Waals surface area contributed by atoms with Crippen LogP contribution in [-0.2, 0) is 16.6 Å². The van der Waals surface area contributed by atoms with Crippen LogP contribution in [0.3, 0.4) is 0 Å². The van der Waals surface area contributed by atoms with E-state index in [1.807, 2.05) is 68.4 Å². The lowest BCUT2D eigenvalue weighted by Gasteiger charge is -2.27. The molecule has 184 valence electrons. The topological polar surface area (TPSA) is 66.5 Å². The van der Waals surface area contributed by atoms with Crippen LogP contribution in [0.15, 0.2) is 114 Å². The maximum atomic E-state index is 13.8. The first-order valence-electron chi connectivity index (χ1n) is 12.0. The SMILES string of the molecule is CC[C@@H](NC(=O)c1ccccc1N(Cc1ccccc1)S(=O)(=O)c1ccccc1)c1ccc(C)cc1. The van der Waals surface area contributed by atoms with Gasteiger partial charge in [-0.15, -0.1) is 0 Å². The second kappa shape index (κ2) is 11.2. The molecular weight excluding hydrogens is 468 g/mol. The summed E-state index contributed by atoms with van der Waals surface area (Å²) in [5.41, 5.74) is 3.61. The van der Waals surface area contributed by atoms with Crippen LogP contribution in [0.25, 0.3) is 0 Å². The Morgan fingerprint density at radius 1 is 0.806 bits per heavy atom. The highest BCUT2D eigenvalue weighted by atomic mass is 32.2. The molecule has 0 saturated heterocycles. The van der Waals surface area contributed by atoms with Crippen molar-refractivity contribution in [2.75, 3.05) is 4.31 Å². The Balaban J connectivity index is 1.74. The van der Waals surface area contributed by atoms with E-state index in [9.17, 15) is 13.2 Å². The van der Waals surface area contributed by atoms with Crippen molar-refractivity contribution in [1.29, 1.82) is 0 Å². The highest BCUT2D eigenvalue weighted by Crippen LogP contribution is 2.30. The Labute approximate surface area is 213 Å². The molecule has 6 heteroatoms. The van der Waals surface area contributed by atoms with Gasteiger partial charge in [-0.3, -0.25) is 9.10 Å². The fourth-order valence-corrected chi connectivity index (χ4v) is 5.60. The average Bonchev–Trinajstić information content (AvgIpc) is 2.92. The lowest BCUT2D eigenvalue weighted by atomic mass is 10.0. The van der Waals surface area contributed by atoms with E-state index in [1.165, 1.54) is 4.31 Å². The number of hydrogen-bond acceptors (Lipinski definition) is 3. The fourth-order valence-electron chi connectivity index (χ4n) is 4.11. The van der Waals surface area contributed by atoms with E-state index in [1.54, 1.807) is 54.6 Å². The quantitative estimate of drug-likeness (QED) is 0.296. The summed E-state index contributed by atoms with van der Waals surface area (Å²) in [6, 6.07) is 32.4. The van der Waals surface area contributed by atoms with Crippen molar-refractivity contribution >= 4 is 21.6 Å². The lowest BCUT2D eigenvalue weighted by Crippen LogP contribution is -2.34. The van der Waals surface area contributed by atoms with E-state index < -0.39 is 10.0 Å². The number of nitrogens with one attached hydrogen (secondary N) is 1. The second-order valence-corrected chi connectivity index (χ2v) is 10.5. The fraction of sp³-hybridized carbons (Fsp3) is 0.167. The minimum Gasteiger partial charge on any atom is -0.345 e. The smallest absolute Gasteiger partial charge is 0.264 e. The predicted octanol–water partition coefficient (Wildman–Crippen LogP) is 6.27. The first-order chi connectivity index (χ1) is 17.4. The van der Waals surface area contributed by atoms with E-state index in [-0.39, 0.29) is 23.4 Å². The van der Waals surface area contributed by atoms with Crippen molar-refractivity contribution in [1.82, 2.24) is 5.32 Å². The van der Waals surface area contributed by atoms with E-state index in [0.717, 1.165) is 16.7 Å². The van der Waals surface area contributed by atoms with Crippen molar-refractivity contribution in [2.45, 2.75) is 37.8 Å². The number of nitrogens with zero attached hydrogens (tertiary/aromatic N) is 1. The molecule has 5 nitrogen and oxygen atoms in total. The third kappa shape index (κ3) is 5.66. The first-order valence-corrected chi connectivity index (χ1v) is 13.4. The number of rotatable bonds is 9. The number of benzene rings is 4. The third-order valence-corrected chi connectivity index (χ3v) is 7.88. The molecule has 0 aliphatic carbocycles. The minimum absolute atomic E-state index is 0.0948. The van der Waals surface area contributed by atoms with Crippen LogP contribution in [0.4, 0.5) is 5.69 Å². The average molecular weight is 499 g/mol. The van der Waals surface area contributed by atoms with Crippen LogP contribution in [0.1, 0.15) is 46.4 Å². The molecule has 0 fully saturated rings. The molecular formula is C30H30N2O3S. The van der Waals surface area contributed by atoms with Gasteiger partial charge < -0.3 is 5.32 Å². The van der Waals surface area contributed by atoms with Crippen molar-refractivity contribution in [3.05, 3.63) is 131 Å². The van der Waals surface area contributed by atoms with E-state index >= 15 is 0 Å². The maximum absolute atomic E-state index is 13.8. The summed E-state index contributed by atoms with van der Waals surface area (Å²) < 4.78 is 29.0. The summed E-state index contributed by atoms with van der Waals surface area (Å²) in [6.45, 7) is 4.13. The van der Waals surface area contributed by atoms with Gasteiger partial charge in [0.25, 0.3) is 15.9 Å². The van der Waals surface area contributed by atoms with E-state index in [4.69, 9.17) is 0 Å². The first kappa shape index (κ1) is 25.2. The summed E-state index contributed by atoms with van der Waals surface area (Å²) in [7, 11) is -3.95. The standard InChI is InChI=1S/C30H30N2O3S/c1-3-28(25-20-18-23(2)19-21-25)31-30(33)27-16-10-11-17-29(27)32(22-24-12-6-4-7-13-24)36(34,35)26-14-8-5-9-15-26/h4-21,28H,3,22H2,1-2H3,(H,31,33)/t28-/m1/s1. The number of carbonyl (C=O) groups excluding carboxylic acids is 1. The number of carbonyl (C=O) groups is 1. The Bertz CT molecular complexity index is 1400. The summed E-state index contributed by atoms with van der Waals surface area (Å²) in [6.07, 6.45) is 0.701. The molecule has 1 atom stereocenters. The molecule has 0 saturated carbocycles. The number of aryl methyl sites for hydroxylation is 1. The Kier molecular flexibility index (Phi) is 7.86. The summed E-state index contributed by atoms with van der Waals surface area (Å²) >= 11 is 0. The summed E-state index contributed by atoms with van der Waals surface area (Å²) in [5.74, 6) is -0.320. The van der Waals surface area contributed by atoms with Gasteiger partial charge in [0.1, 0.15) is 0 Å². The van der Waals surface area contributed by atoms with Gasteiger partial charge in [0.05, 0.1) is 28.7 Å². The zero-order chi connectivity index (χ0) is 25.5. The molecule has 0 aromatic heterocycles. The Hall–Kier alpha value is -3.90. The summed E-state index contributed by atoms with van der Waals surface area (Å²) in [4.78, 5) is 13.7. The van der Waals surface area contributed by atoms with Gasteiger partial charge >= 0.3 is 0 Å². The zero-order valence-electron chi connectivity index (χ0n) is 20.5. The maximum Gasteiger partial charge on any atom is 0.264 e. The van der Waals surface area contributed by atoms with Crippen LogP contribution in [0.5, 0.6) is 0 Å². The highest BCUT2D eigenvalue weighted by Gasteiger charge is 2.29. The number of anilines is 1. The van der Waals surface area contributed by atoms with Crippen molar-refractivity contribution in [2.24, 2.45) is 0 Å². The molecule has 0 aliphatic heterocycles. The van der Waals surface area contributed by atoms with Crippen LogP contribution in [0, 0.1) is 6.92 Å². The molecule has 1 amide bonds. The van der Waals surface area contributed by atoms with E-state index in [2.05, 4.69) is 5.32 Å². The number of sulfonamides is 1. The number of para-hydroxylation sites is 1. The molecule has 0 radical (unpaired) electrons. The van der Waals surface area contributed by atoms with Crippen LogP contribution < -0.4 is 9.62 Å². The summed E-state index contributed by atoms with van der Waals surface area (Å²) in [5, 5.41) is 3.11. The highest BCUT2D eigenvalue weighted by molar-refractivity contribution is 7.92. The molecule has 0 unspecified atom stereocenters. The van der Waals surface area contributed by atoms with Gasteiger partial charge in [0.2, 0.25) is 0 Å². The second-order valence-electron chi connectivity index (χ2n) is 8.67. The Morgan fingerprint density at radius 2 is 1.39 bits per heavy atom. The monoisotopic (exact) mass is 498 g/mol. The lowest BCUT2D eigenvalue weighted by molar-refractivity contribution is 0.0936. The molecule has 4 aromatic carbocycles. The normalized spacial score (nSPS) is 12.1. The van der Waals surface area contributed by atoms with Crippen molar-refractivity contribution in [3.63, 3.8) is 0 Å². The molecule has 4 rings (SSSR count). The van der Waals surface area contributed by atoms with Gasteiger partial charge in [-0.05, 0) is 48.7 Å². The van der Waals surface area contributed by atoms with Gasteiger partial charge in [-0.1, -0.05) is 97.4 Å². The zero-order valence-corrected chi connectivity index (χ0v) is 21.3. The van der Waals surface area contributed by atoms with Gasteiger partial charge in [-0.2, -0.15) is 0 Å². The molecule has 1 N–H and O–H groups in total. The van der Waals surface area contributed by atoms with Gasteiger partial charge in [0.15, 0.2) is 0 Å². The third-order valence-electron chi connectivity index (χ3n) is 6.11. The molecule has 0 heterocycles. The van der Waals surface area contributed by atoms with Crippen LogP contribution >= 0.6 is 0 Å². The van der Waals surface area contributed by atoms with Crippen molar-refractivity contribution in [3.8, 4) is 0 Å². The van der Waals surface area contributed by atoms with Crippen LogP contribution in [-0.4, -0.2) is 14.3 Å². The molecule has 0 aliphatic rings. The molecule has 4 aromatic rings. The largest absolute Gasteiger partial charge is 0.345 e. The Morgan fingerprint density at radius 3 is 2.03 bits per heavy atom. The molecule has 0 bridgehead atoms. The predicted molar refractivity (Wildman–Crippen MR) is 144 cm³/mol. The van der Waals surface area contributed by atoms with Gasteiger partial charge in [-0.25, -0.2) is 8.42 Å². The van der Waals surface area contributed by atoms with Gasteiger partial charge in [0, 0.05) is 0 Å². The minimum atomic E-state index is -3.95.